The normalized spacial score (nSPS) is 10.6. The summed E-state index contributed by atoms with van der Waals surface area (Å²) in [5, 5.41) is 0. The van der Waals surface area contributed by atoms with Crippen molar-refractivity contribution in [3.8, 4) is 0 Å². The van der Waals surface area contributed by atoms with Gasteiger partial charge in [-0.2, -0.15) is 0 Å². The Labute approximate surface area is 82.4 Å². The zero-order chi connectivity index (χ0) is 9.97. The van der Waals surface area contributed by atoms with Crippen molar-refractivity contribution in [3.63, 3.8) is 0 Å². The molecule has 0 saturated carbocycles. The van der Waals surface area contributed by atoms with Crippen molar-refractivity contribution in [1.82, 2.24) is 9.38 Å². The molecule has 3 nitrogen and oxygen atoms in total. The first-order valence-corrected chi connectivity index (χ1v) is 4.77. The fraction of sp³-hybridized carbons (Fsp3) is 0.273. The number of nitrogens with zero attached hydrogens (tertiary/aromatic N) is 2. The number of aldehydes is 1. The molecule has 2 heterocycles. The summed E-state index contributed by atoms with van der Waals surface area (Å²) in [6.45, 7) is 2.10. The Morgan fingerprint density at radius 2 is 2.36 bits per heavy atom. The second-order valence-corrected chi connectivity index (χ2v) is 3.25. The van der Waals surface area contributed by atoms with Crippen molar-refractivity contribution in [2.45, 2.75) is 19.8 Å². The lowest BCUT2D eigenvalue weighted by Gasteiger charge is -2.02. The Balaban J connectivity index is 2.67. The van der Waals surface area contributed by atoms with Crippen LogP contribution in [0.1, 0.15) is 29.7 Å². The third kappa shape index (κ3) is 1.31. The quantitative estimate of drug-likeness (QED) is 0.691. The Hall–Kier alpha value is -1.64. The topological polar surface area (TPSA) is 34.4 Å². The molecular formula is C11H12N2O. The summed E-state index contributed by atoms with van der Waals surface area (Å²) in [4.78, 5) is 15.1. The van der Waals surface area contributed by atoms with E-state index in [1.54, 1.807) is 12.3 Å². The van der Waals surface area contributed by atoms with Gasteiger partial charge in [0.2, 0.25) is 0 Å². The molecule has 72 valence electrons. The average Bonchev–Trinajstić information content (AvgIpc) is 2.62. The molecule has 0 aromatic carbocycles. The maximum absolute atomic E-state index is 10.8. The third-order valence-electron chi connectivity index (χ3n) is 2.25. The van der Waals surface area contributed by atoms with Crippen LogP contribution in [0.15, 0.2) is 24.4 Å². The van der Waals surface area contributed by atoms with Crippen LogP contribution in [-0.4, -0.2) is 15.7 Å². The molecule has 14 heavy (non-hydrogen) atoms. The monoisotopic (exact) mass is 188 g/mol. The molecule has 0 atom stereocenters. The predicted molar refractivity (Wildman–Crippen MR) is 54.6 cm³/mol. The summed E-state index contributed by atoms with van der Waals surface area (Å²) in [6, 6.07) is 5.64. The van der Waals surface area contributed by atoms with E-state index in [0.717, 1.165) is 30.5 Å². The summed E-state index contributed by atoms with van der Waals surface area (Å²) in [5.41, 5.74) is 1.65. The first-order valence-electron chi connectivity index (χ1n) is 4.77. The van der Waals surface area contributed by atoms with Crippen molar-refractivity contribution < 1.29 is 4.79 Å². The zero-order valence-corrected chi connectivity index (χ0v) is 8.10. The number of fused-ring (bicyclic) bond motifs is 1. The highest BCUT2D eigenvalue weighted by Gasteiger charge is 2.05. The second-order valence-electron chi connectivity index (χ2n) is 3.25. The minimum atomic E-state index is 0.670. The Morgan fingerprint density at radius 3 is 3.07 bits per heavy atom. The molecule has 3 heteroatoms. The van der Waals surface area contributed by atoms with Crippen LogP contribution >= 0.6 is 0 Å². The fourth-order valence-electron chi connectivity index (χ4n) is 1.63. The lowest BCUT2D eigenvalue weighted by molar-refractivity contribution is 0.111. The van der Waals surface area contributed by atoms with Gasteiger partial charge in [0.05, 0.1) is 17.4 Å². The number of imidazole rings is 1. The Kier molecular flexibility index (Phi) is 2.31. The summed E-state index contributed by atoms with van der Waals surface area (Å²) < 4.78 is 1.91. The van der Waals surface area contributed by atoms with Crippen molar-refractivity contribution in [3.05, 3.63) is 35.9 Å². The molecule has 0 N–H and O–H groups in total. The highest BCUT2D eigenvalue weighted by Crippen LogP contribution is 2.10. The van der Waals surface area contributed by atoms with E-state index in [0.29, 0.717) is 5.69 Å². The number of rotatable bonds is 3. The van der Waals surface area contributed by atoms with E-state index in [-0.39, 0.29) is 0 Å². The van der Waals surface area contributed by atoms with E-state index in [2.05, 4.69) is 11.9 Å². The highest BCUT2D eigenvalue weighted by atomic mass is 16.1. The van der Waals surface area contributed by atoms with Gasteiger partial charge in [-0.05, 0) is 18.6 Å². The van der Waals surface area contributed by atoms with Crippen molar-refractivity contribution in [1.29, 1.82) is 0 Å². The summed E-state index contributed by atoms with van der Waals surface area (Å²) in [6.07, 6.45) is 4.61. The zero-order valence-electron chi connectivity index (χ0n) is 8.10. The van der Waals surface area contributed by atoms with Gasteiger partial charge in [-0.3, -0.25) is 9.20 Å². The first kappa shape index (κ1) is 8.94. The minimum absolute atomic E-state index is 0.670. The average molecular weight is 188 g/mol. The second kappa shape index (κ2) is 3.62. The van der Waals surface area contributed by atoms with E-state index in [4.69, 9.17) is 0 Å². The number of carbonyl (C=O) groups excluding carboxylic acids is 1. The molecule has 0 bridgehead atoms. The fourth-order valence-corrected chi connectivity index (χ4v) is 1.63. The van der Waals surface area contributed by atoms with Crippen LogP contribution in [0, 0.1) is 0 Å². The molecule has 0 saturated heterocycles. The molecule has 2 aromatic heterocycles. The molecule has 0 aliphatic rings. The van der Waals surface area contributed by atoms with Crippen molar-refractivity contribution >= 4 is 11.8 Å². The van der Waals surface area contributed by atoms with E-state index in [1.807, 2.05) is 16.5 Å². The minimum Gasteiger partial charge on any atom is -0.296 e. The molecule has 0 spiro atoms. The molecule has 2 aromatic rings. The largest absolute Gasteiger partial charge is 0.296 e. The van der Waals surface area contributed by atoms with Crippen LogP contribution in [0.3, 0.4) is 0 Å². The number of carbonyl (C=O) groups is 1. The number of hydrogen-bond acceptors (Lipinski definition) is 2. The van der Waals surface area contributed by atoms with E-state index >= 15 is 0 Å². The van der Waals surface area contributed by atoms with Crippen LogP contribution in [-0.2, 0) is 6.42 Å². The maximum atomic E-state index is 10.8. The van der Waals surface area contributed by atoms with Crippen LogP contribution in [0.5, 0.6) is 0 Å². The summed E-state index contributed by atoms with van der Waals surface area (Å²) in [7, 11) is 0. The van der Waals surface area contributed by atoms with Gasteiger partial charge in [0, 0.05) is 6.42 Å². The molecule has 0 radical (unpaired) electrons. The predicted octanol–water partition coefficient (Wildman–Crippen LogP) is 2.10. The van der Waals surface area contributed by atoms with Crippen LogP contribution in [0.2, 0.25) is 0 Å². The maximum Gasteiger partial charge on any atom is 0.166 e. The molecule has 0 amide bonds. The SMILES string of the molecule is CCCc1ncc2cccc(C=O)n12. The van der Waals surface area contributed by atoms with Gasteiger partial charge >= 0.3 is 0 Å². The van der Waals surface area contributed by atoms with E-state index < -0.39 is 0 Å². The summed E-state index contributed by atoms with van der Waals surface area (Å²) >= 11 is 0. The van der Waals surface area contributed by atoms with Gasteiger partial charge in [-0.25, -0.2) is 4.98 Å². The molecule has 0 aliphatic heterocycles. The van der Waals surface area contributed by atoms with Gasteiger partial charge in [-0.15, -0.1) is 0 Å². The van der Waals surface area contributed by atoms with Crippen molar-refractivity contribution in [2.75, 3.05) is 0 Å². The Morgan fingerprint density at radius 1 is 1.50 bits per heavy atom. The smallest absolute Gasteiger partial charge is 0.166 e. The van der Waals surface area contributed by atoms with Gasteiger partial charge in [0.25, 0.3) is 0 Å². The van der Waals surface area contributed by atoms with E-state index in [9.17, 15) is 4.79 Å². The number of hydrogen-bond donors (Lipinski definition) is 0. The lowest BCUT2D eigenvalue weighted by atomic mass is 10.3. The third-order valence-corrected chi connectivity index (χ3v) is 2.25. The molecule has 0 aliphatic carbocycles. The van der Waals surface area contributed by atoms with Crippen LogP contribution < -0.4 is 0 Å². The number of aryl methyl sites for hydroxylation is 1. The van der Waals surface area contributed by atoms with Gasteiger partial charge in [0.15, 0.2) is 6.29 Å². The van der Waals surface area contributed by atoms with Gasteiger partial charge < -0.3 is 0 Å². The van der Waals surface area contributed by atoms with Crippen molar-refractivity contribution in [2.24, 2.45) is 0 Å². The van der Waals surface area contributed by atoms with E-state index in [1.165, 1.54) is 0 Å². The van der Waals surface area contributed by atoms with Crippen LogP contribution in [0.25, 0.3) is 5.52 Å². The molecule has 2 rings (SSSR count). The highest BCUT2D eigenvalue weighted by molar-refractivity contribution is 5.74. The summed E-state index contributed by atoms with van der Waals surface area (Å²) in [5.74, 6) is 0.963. The standard InChI is InChI=1S/C11H12N2O/c1-2-4-11-12-7-9-5-3-6-10(8-14)13(9)11/h3,5-8H,2,4H2,1H3. The Bertz CT molecular complexity index is 459. The lowest BCUT2D eigenvalue weighted by Crippen LogP contribution is -2.00. The molecular weight excluding hydrogens is 176 g/mol. The first-order chi connectivity index (χ1) is 6.86. The van der Waals surface area contributed by atoms with Gasteiger partial charge in [0.1, 0.15) is 5.82 Å². The van der Waals surface area contributed by atoms with Crippen LogP contribution in [0.4, 0.5) is 0 Å². The van der Waals surface area contributed by atoms with Gasteiger partial charge in [-0.1, -0.05) is 13.0 Å². The molecule has 0 fully saturated rings. The molecule has 0 unspecified atom stereocenters. The number of aromatic nitrogens is 2. The number of pyridine rings is 1.